The maximum Gasteiger partial charge on any atom is 0.244 e. The molecule has 4 rings (SSSR count). The molecule has 0 fully saturated rings. The first-order valence-corrected chi connectivity index (χ1v) is 9.84. The Morgan fingerprint density at radius 3 is 2.53 bits per heavy atom. The fraction of sp³-hybridized carbons (Fsp3) is 0.120. The van der Waals surface area contributed by atoms with Crippen LogP contribution in [0.4, 0.5) is 4.39 Å². The highest BCUT2D eigenvalue weighted by molar-refractivity contribution is 5.92. The molecule has 0 aliphatic rings. The van der Waals surface area contributed by atoms with E-state index in [1.165, 1.54) is 12.1 Å². The van der Waals surface area contributed by atoms with E-state index >= 15 is 0 Å². The Balaban J connectivity index is 1.60. The average molecular weight is 399 g/mol. The van der Waals surface area contributed by atoms with Crippen LogP contribution < -0.4 is 5.32 Å². The number of halogens is 1. The molecule has 0 bridgehead atoms. The van der Waals surface area contributed by atoms with Crippen LogP contribution >= 0.6 is 0 Å². The molecular weight excluding hydrogens is 377 g/mol. The first-order chi connectivity index (χ1) is 14.6. The van der Waals surface area contributed by atoms with Crippen molar-refractivity contribution in [3.05, 3.63) is 108 Å². The smallest absolute Gasteiger partial charge is 0.244 e. The summed E-state index contributed by atoms with van der Waals surface area (Å²) in [7, 11) is 0. The van der Waals surface area contributed by atoms with E-state index in [0.717, 1.165) is 16.6 Å². The second-order valence-corrected chi connectivity index (χ2v) is 7.11. The first kappa shape index (κ1) is 19.6. The molecule has 0 spiro atoms. The molecule has 1 N–H and O–H groups in total. The number of carbonyl (C=O) groups is 1. The normalized spacial score (nSPS) is 12.3. The molecule has 0 saturated heterocycles. The number of nitrogens with zero attached hydrogens (tertiary/aromatic N) is 2. The Bertz CT molecular complexity index is 1200. The Labute approximate surface area is 174 Å². The molecule has 0 radical (unpaired) electrons. The zero-order chi connectivity index (χ0) is 20.9. The van der Waals surface area contributed by atoms with Crippen LogP contribution in [0, 0.1) is 5.82 Å². The molecule has 1 atom stereocenters. The van der Waals surface area contributed by atoms with Gasteiger partial charge in [-0.05, 0) is 36.8 Å². The first-order valence-electron chi connectivity index (χ1n) is 9.84. The highest BCUT2D eigenvalue weighted by Gasteiger charge is 2.18. The molecule has 4 nitrogen and oxygen atoms in total. The van der Waals surface area contributed by atoms with E-state index < -0.39 is 0 Å². The third-order valence-corrected chi connectivity index (χ3v) is 4.94. The van der Waals surface area contributed by atoms with Crippen LogP contribution in [0.15, 0.2) is 84.9 Å². The van der Waals surface area contributed by atoms with Gasteiger partial charge in [0.2, 0.25) is 5.91 Å². The van der Waals surface area contributed by atoms with Crippen molar-refractivity contribution in [3.63, 3.8) is 0 Å². The SMILES string of the molecule is C[C@H](NC(=O)/C=C/c1ccccc1)c1nc2ccccc2n1Cc1ccccc1F. The van der Waals surface area contributed by atoms with E-state index in [0.29, 0.717) is 17.9 Å². The van der Waals surface area contributed by atoms with Gasteiger partial charge in [-0.3, -0.25) is 4.79 Å². The second-order valence-electron chi connectivity index (χ2n) is 7.11. The summed E-state index contributed by atoms with van der Waals surface area (Å²) in [6, 6.07) is 23.7. The highest BCUT2D eigenvalue weighted by atomic mass is 19.1. The van der Waals surface area contributed by atoms with Crippen LogP contribution in [-0.4, -0.2) is 15.5 Å². The molecule has 0 aliphatic carbocycles. The number of nitrogens with one attached hydrogen (secondary N) is 1. The summed E-state index contributed by atoms with van der Waals surface area (Å²) in [6.45, 7) is 2.22. The van der Waals surface area contributed by atoms with Crippen molar-refractivity contribution in [2.24, 2.45) is 0 Å². The minimum Gasteiger partial charge on any atom is -0.343 e. The molecule has 4 aromatic rings. The molecule has 0 saturated carbocycles. The zero-order valence-corrected chi connectivity index (χ0v) is 16.6. The van der Waals surface area contributed by atoms with Gasteiger partial charge in [-0.1, -0.05) is 60.7 Å². The van der Waals surface area contributed by atoms with Crippen LogP contribution in [0.1, 0.15) is 29.9 Å². The van der Waals surface area contributed by atoms with Crippen LogP contribution in [0.3, 0.4) is 0 Å². The summed E-state index contributed by atoms with van der Waals surface area (Å²) in [4.78, 5) is 17.2. The number of aromatic nitrogens is 2. The minimum atomic E-state index is -0.350. The zero-order valence-electron chi connectivity index (χ0n) is 16.6. The van der Waals surface area contributed by atoms with Gasteiger partial charge in [0.15, 0.2) is 0 Å². The standard InChI is InChI=1S/C25H22FN3O/c1-18(27-24(30)16-15-19-9-3-2-4-10-19)25-28-22-13-7-8-14-23(22)29(25)17-20-11-5-6-12-21(20)26/h2-16,18H,17H2,1H3,(H,27,30)/b16-15+/t18-/m0/s1. The van der Waals surface area contributed by atoms with E-state index in [4.69, 9.17) is 4.98 Å². The number of rotatable bonds is 6. The molecular formula is C25H22FN3O. The Kier molecular flexibility index (Phi) is 5.70. The molecule has 1 amide bonds. The van der Waals surface area contributed by atoms with Crippen LogP contribution in [-0.2, 0) is 11.3 Å². The van der Waals surface area contributed by atoms with Gasteiger partial charge in [-0.25, -0.2) is 9.37 Å². The number of amides is 1. The number of hydrogen-bond donors (Lipinski definition) is 1. The van der Waals surface area contributed by atoms with Gasteiger partial charge in [-0.15, -0.1) is 0 Å². The van der Waals surface area contributed by atoms with Crippen molar-refractivity contribution >= 4 is 23.0 Å². The predicted molar refractivity (Wildman–Crippen MR) is 117 cm³/mol. The predicted octanol–water partition coefficient (Wildman–Crippen LogP) is 5.11. The van der Waals surface area contributed by atoms with Crippen LogP contribution in [0.25, 0.3) is 17.1 Å². The van der Waals surface area contributed by atoms with Crippen molar-refractivity contribution in [1.29, 1.82) is 0 Å². The number of benzene rings is 3. The molecule has 30 heavy (non-hydrogen) atoms. The number of hydrogen-bond acceptors (Lipinski definition) is 2. The lowest BCUT2D eigenvalue weighted by atomic mass is 10.2. The maximum absolute atomic E-state index is 14.3. The van der Waals surface area contributed by atoms with Gasteiger partial charge in [0.25, 0.3) is 0 Å². The van der Waals surface area contributed by atoms with Crippen molar-refractivity contribution < 1.29 is 9.18 Å². The van der Waals surface area contributed by atoms with Crippen LogP contribution in [0.2, 0.25) is 0 Å². The van der Waals surface area contributed by atoms with E-state index in [1.807, 2.05) is 72.2 Å². The molecule has 0 aliphatic heterocycles. The minimum absolute atomic E-state index is 0.212. The van der Waals surface area contributed by atoms with Crippen molar-refractivity contribution in [2.75, 3.05) is 0 Å². The lowest BCUT2D eigenvalue weighted by molar-refractivity contribution is -0.117. The van der Waals surface area contributed by atoms with Gasteiger partial charge in [0, 0.05) is 11.6 Å². The topological polar surface area (TPSA) is 46.9 Å². The number of para-hydroxylation sites is 2. The summed E-state index contributed by atoms with van der Waals surface area (Å²) in [5.41, 5.74) is 3.23. The Hall–Kier alpha value is -3.73. The van der Waals surface area contributed by atoms with Gasteiger partial charge in [-0.2, -0.15) is 0 Å². The summed E-state index contributed by atoms with van der Waals surface area (Å²) < 4.78 is 16.2. The van der Waals surface area contributed by atoms with Crippen molar-refractivity contribution in [2.45, 2.75) is 19.5 Å². The molecule has 150 valence electrons. The maximum atomic E-state index is 14.3. The summed E-state index contributed by atoms with van der Waals surface area (Å²) in [5, 5.41) is 2.97. The largest absolute Gasteiger partial charge is 0.343 e. The number of carbonyl (C=O) groups excluding carboxylic acids is 1. The fourth-order valence-electron chi connectivity index (χ4n) is 3.45. The Morgan fingerprint density at radius 1 is 1.03 bits per heavy atom. The fourth-order valence-corrected chi connectivity index (χ4v) is 3.45. The summed E-state index contributed by atoms with van der Waals surface area (Å²) in [5.74, 6) is 0.209. The summed E-state index contributed by atoms with van der Waals surface area (Å²) in [6.07, 6.45) is 3.28. The van der Waals surface area contributed by atoms with E-state index in [9.17, 15) is 9.18 Å². The van der Waals surface area contributed by atoms with Gasteiger partial charge < -0.3 is 9.88 Å². The molecule has 5 heteroatoms. The van der Waals surface area contributed by atoms with E-state index in [-0.39, 0.29) is 17.8 Å². The quantitative estimate of drug-likeness (QED) is 0.458. The van der Waals surface area contributed by atoms with Gasteiger partial charge in [0.1, 0.15) is 11.6 Å². The van der Waals surface area contributed by atoms with Crippen molar-refractivity contribution in [3.8, 4) is 0 Å². The highest BCUT2D eigenvalue weighted by Crippen LogP contribution is 2.23. The average Bonchev–Trinajstić information content (AvgIpc) is 3.13. The van der Waals surface area contributed by atoms with Crippen molar-refractivity contribution in [1.82, 2.24) is 14.9 Å². The third-order valence-electron chi connectivity index (χ3n) is 4.94. The monoisotopic (exact) mass is 399 g/mol. The van der Waals surface area contributed by atoms with E-state index in [1.54, 1.807) is 18.2 Å². The molecule has 1 aromatic heterocycles. The van der Waals surface area contributed by atoms with Gasteiger partial charge >= 0.3 is 0 Å². The third kappa shape index (κ3) is 4.30. The Morgan fingerprint density at radius 2 is 1.73 bits per heavy atom. The molecule has 3 aromatic carbocycles. The lowest BCUT2D eigenvalue weighted by Gasteiger charge is -2.16. The second kappa shape index (κ2) is 8.74. The molecule has 1 heterocycles. The lowest BCUT2D eigenvalue weighted by Crippen LogP contribution is -2.27. The van der Waals surface area contributed by atoms with Gasteiger partial charge in [0.05, 0.1) is 23.6 Å². The summed E-state index contributed by atoms with van der Waals surface area (Å²) >= 11 is 0. The number of imidazole rings is 1. The number of fused-ring (bicyclic) bond motifs is 1. The molecule has 0 unspecified atom stereocenters. The van der Waals surface area contributed by atoms with E-state index in [2.05, 4.69) is 5.32 Å². The van der Waals surface area contributed by atoms with Crippen LogP contribution in [0.5, 0.6) is 0 Å².